The van der Waals surface area contributed by atoms with E-state index in [9.17, 15) is 0 Å². The van der Waals surface area contributed by atoms with E-state index in [0.717, 1.165) is 6.42 Å². The van der Waals surface area contributed by atoms with Crippen molar-refractivity contribution in [3.05, 3.63) is 137 Å². The summed E-state index contributed by atoms with van der Waals surface area (Å²) >= 11 is 0. The number of rotatable bonds is 20. The highest BCUT2D eigenvalue weighted by Gasteiger charge is 2.42. The average Bonchev–Trinajstić information content (AvgIpc) is 3.46. The first-order valence-electron chi connectivity index (χ1n) is 21.7. The molecule has 1 aliphatic carbocycles. The zero-order chi connectivity index (χ0) is 37.9. The molecule has 1 nitrogen and oxygen atoms in total. The van der Waals surface area contributed by atoms with Crippen molar-refractivity contribution < 1.29 is 0 Å². The summed E-state index contributed by atoms with van der Waals surface area (Å²) in [6, 6.07) is 42.2. The molecule has 0 N–H and O–H groups in total. The quantitative estimate of drug-likeness (QED) is 0.0725. The Morgan fingerprint density at radius 1 is 0.463 bits per heavy atom. The molecular formula is C53H67N. The van der Waals surface area contributed by atoms with Crippen molar-refractivity contribution in [2.24, 2.45) is 0 Å². The second-order valence-electron chi connectivity index (χ2n) is 16.5. The van der Waals surface area contributed by atoms with Gasteiger partial charge in [0, 0.05) is 22.5 Å². The van der Waals surface area contributed by atoms with Crippen LogP contribution in [0.25, 0.3) is 22.3 Å². The monoisotopic (exact) mass is 718 g/mol. The van der Waals surface area contributed by atoms with Crippen LogP contribution in [0.5, 0.6) is 0 Å². The molecule has 0 amide bonds. The lowest BCUT2D eigenvalue weighted by atomic mass is 9.70. The minimum absolute atomic E-state index is 0.0891. The molecule has 5 aromatic rings. The lowest BCUT2D eigenvalue weighted by Crippen LogP contribution is -2.25. The number of nitrogens with zero attached hydrogens (tertiary/aromatic N) is 1. The highest BCUT2D eigenvalue weighted by Crippen LogP contribution is 2.55. The van der Waals surface area contributed by atoms with Gasteiger partial charge < -0.3 is 4.90 Å². The molecular weight excluding hydrogens is 651 g/mol. The van der Waals surface area contributed by atoms with Crippen LogP contribution in [-0.4, -0.2) is 0 Å². The number of hydrogen-bond acceptors (Lipinski definition) is 1. The molecule has 0 saturated heterocycles. The minimum atomic E-state index is 0.0891. The highest BCUT2D eigenvalue weighted by atomic mass is 15.1. The van der Waals surface area contributed by atoms with Crippen molar-refractivity contribution in [2.45, 2.75) is 149 Å². The number of benzene rings is 5. The molecule has 0 radical (unpaired) electrons. The van der Waals surface area contributed by atoms with Crippen LogP contribution in [0.15, 0.2) is 109 Å². The first kappa shape index (κ1) is 39.6. The molecule has 1 atom stereocenters. The van der Waals surface area contributed by atoms with Crippen LogP contribution < -0.4 is 4.90 Å². The number of anilines is 3. The molecule has 0 heterocycles. The smallest absolute Gasteiger partial charge is 0.0462 e. The van der Waals surface area contributed by atoms with Crippen LogP contribution in [-0.2, 0) is 5.41 Å². The lowest BCUT2D eigenvalue weighted by molar-refractivity contribution is 0.398. The van der Waals surface area contributed by atoms with Gasteiger partial charge in [0.15, 0.2) is 0 Å². The Hall–Kier alpha value is -4.10. The van der Waals surface area contributed by atoms with E-state index < -0.39 is 0 Å². The highest BCUT2D eigenvalue weighted by molar-refractivity contribution is 5.85. The molecule has 0 unspecified atom stereocenters. The van der Waals surface area contributed by atoms with E-state index in [1.165, 1.54) is 146 Å². The Morgan fingerprint density at radius 2 is 0.907 bits per heavy atom. The zero-order valence-corrected chi connectivity index (χ0v) is 34.5. The average molecular weight is 718 g/mol. The van der Waals surface area contributed by atoms with Gasteiger partial charge in [-0.1, -0.05) is 183 Å². The predicted molar refractivity (Wildman–Crippen MR) is 237 cm³/mol. The molecule has 0 saturated carbocycles. The summed E-state index contributed by atoms with van der Waals surface area (Å²) < 4.78 is 0. The number of unbranched alkanes of at least 4 members (excludes halogenated alkanes) is 10. The summed E-state index contributed by atoms with van der Waals surface area (Å²) in [4.78, 5) is 2.40. The SMILES string of the molecule is CCCCCCCCC1(CCCCCCCC)c2cc(C)ccc2-c2ccc(-c3ccc(N(c4ccc(C)cc4)c4ccc([C@H](C)CC)cc4)cc3)cc21. The van der Waals surface area contributed by atoms with Crippen molar-refractivity contribution in [1.82, 2.24) is 0 Å². The minimum Gasteiger partial charge on any atom is -0.311 e. The van der Waals surface area contributed by atoms with E-state index >= 15 is 0 Å². The van der Waals surface area contributed by atoms with E-state index in [1.807, 2.05) is 0 Å². The van der Waals surface area contributed by atoms with E-state index in [0.29, 0.717) is 5.92 Å². The van der Waals surface area contributed by atoms with Gasteiger partial charge in [-0.2, -0.15) is 0 Å². The maximum atomic E-state index is 2.60. The van der Waals surface area contributed by atoms with Crippen LogP contribution in [0, 0.1) is 13.8 Å². The third-order valence-corrected chi connectivity index (χ3v) is 12.5. The van der Waals surface area contributed by atoms with Gasteiger partial charge in [-0.25, -0.2) is 0 Å². The van der Waals surface area contributed by atoms with Crippen molar-refractivity contribution in [3.63, 3.8) is 0 Å². The molecule has 1 aliphatic rings. The van der Waals surface area contributed by atoms with Gasteiger partial charge in [-0.3, -0.25) is 0 Å². The first-order chi connectivity index (χ1) is 26.4. The van der Waals surface area contributed by atoms with Gasteiger partial charge in [0.05, 0.1) is 0 Å². The van der Waals surface area contributed by atoms with Crippen molar-refractivity contribution in [2.75, 3.05) is 4.90 Å². The van der Waals surface area contributed by atoms with Gasteiger partial charge in [0.25, 0.3) is 0 Å². The molecule has 0 fully saturated rings. The van der Waals surface area contributed by atoms with E-state index in [2.05, 4.69) is 156 Å². The molecule has 5 aromatic carbocycles. The molecule has 284 valence electrons. The van der Waals surface area contributed by atoms with Crippen LogP contribution in [0.2, 0.25) is 0 Å². The van der Waals surface area contributed by atoms with Gasteiger partial charge in [0.2, 0.25) is 0 Å². The number of hydrogen-bond donors (Lipinski definition) is 0. The van der Waals surface area contributed by atoms with Crippen LogP contribution in [0.4, 0.5) is 17.1 Å². The summed E-state index contributed by atoms with van der Waals surface area (Å²) in [6.45, 7) is 13.7. The summed E-state index contributed by atoms with van der Waals surface area (Å²) in [7, 11) is 0. The van der Waals surface area contributed by atoms with Crippen LogP contribution in [0.1, 0.15) is 158 Å². The Labute approximate surface area is 329 Å². The fourth-order valence-corrected chi connectivity index (χ4v) is 9.00. The second-order valence-corrected chi connectivity index (χ2v) is 16.5. The predicted octanol–water partition coefficient (Wildman–Crippen LogP) is 16.7. The van der Waals surface area contributed by atoms with Gasteiger partial charge in [-0.05, 0) is 120 Å². The van der Waals surface area contributed by atoms with Gasteiger partial charge in [0.1, 0.15) is 0 Å². The maximum absolute atomic E-state index is 2.60. The molecule has 0 bridgehead atoms. The molecule has 6 rings (SSSR count). The second kappa shape index (κ2) is 19.0. The third kappa shape index (κ3) is 9.05. The van der Waals surface area contributed by atoms with Crippen LogP contribution >= 0.6 is 0 Å². The standard InChI is InChI=1S/C53H67N/c1-7-10-12-14-16-18-36-53(37-19-17-15-13-11-8-2)51-38-41(5)22-34-49(51)50-35-27-45(39-52(50)53)44-25-32-48(33-26-44)54(46-28-20-40(4)21-29-46)47-30-23-43(24-31-47)42(6)9-3/h20-35,38-39,42H,7-19,36-37H2,1-6H3/t42-/m1/s1. The fourth-order valence-electron chi connectivity index (χ4n) is 9.00. The third-order valence-electron chi connectivity index (χ3n) is 12.5. The van der Waals surface area contributed by atoms with Crippen molar-refractivity contribution in [1.29, 1.82) is 0 Å². The summed E-state index contributed by atoms with van der Waals surface area (Å²) in [5, 5.41) is 0. The molecule has 0 aliphatic heterocycles. The normalized spacial score (nSPS) is 13.4. The summed E-state index contributed by atoms with van der Waals surface area (Å²) in [5.74, 6) is 0.561. The van der Waals surface area contributed by atoms with E-state index in [1.54, 1.807) is 11.1 Å². The zero-order valence-electron chi connectivity index (χ0n) is 34.5. The Kier molecular flexibility index (Phi) is 13.9. The maximum Gasteiger partial charge on any atom is 0.0462 e. The number of aryl methyl sites for hydroxylation is 2. The fraction of sp³-hybridized carbons (Fsp3) is 0.434. The Morgan fingerprint density at radius 3 is 1.46 bits per heavy atom. The Balaban J connectivity index is 1.34. The summed E-state index contributed by atoms with van der Waals surface area (Å²) in [5.41, 5.74) is 16.5. The lowest BCUT2D eigenvalue weighted by Gasteiger charge is -2.33. The molecule has 1 heteroatoms. The van der Waals surface area contributed by atoms with Crippen LogP contribution in [0.3, 0.4) is 0 Å². The Bertz CT molecular complexity index is 1880. The topological polar surface area (TPSA) is 3.24 Å². The molecule has 0 aromatic heterocycles. The van der Waals surface area contributed by atoms with Crippen molar-refractivity contribution in [3.8, 4) is 22.3 Å². The first-order valence-corrected chi connectivity index (χ1v) is 21.7. The largest absolute Gasteiger partial charge is 0.311 e. The molecule has 0 spiro atoms. The van der Waals surface area contributed by atoms with E-state index in [4.69, 9.17) is 0 Å². The number of fused-ring (bicyclic) bond motifs is 3. The van der Waals surface area contributed by atoms with E-state index in [-0.39, 0.29) is 5.41 Å². The van der Waals surface area contributed by atoms with Gasteiger partial charge >= 0.3 is 0 Å². The van der Waals surface area contributed by atoms with Gasteiger partial charge in [-0.15, -0.1) is 0 Å². The molecule has 54 heavy (non-hydrogen) atoms. The summed E-state index contributed by atoms with van der Waals surface area (Å²) in [6.07, 6.45) is 19.8. The van der Waals surface area contributed by atoms with Crippen molar-refractivity contribution >= 4 is 17.1 Å².